The maximum absolute atomic E-state index is 13.5. The van der Waals surface area contributed by atoms with Crippen LogP contribution in [-0.4, -0.2) is 30.3 Å². The number of ether oxygens (including phenoxy) is 1. The molecule has 0 spiro atoms. The lowest BCUT2D eigenvalue weighted by Gasteiger charge is -2.28. The minimum atomic E-state index is -4.66. The first-order valence-corrected chi connectivity index (χ1v) is 13.3. The molecule has 3 aromatic rings. The van der Waals surface area contributed by atoms with Crippen LogP contribution in [-0.2, 0) is 25.3 Å². The molecule has 1 aliphatic heterocycles. The second-order valence-electron chi connectivity index (χ2n) is 10.7. The Morgan fingerprint density at radius 3 is 2.22 bits per heavy atom. The number of para-hydroxylation sites is 1. The lowest BCUT2D eigenvalue weighted by Crippen LogP contribution is -2.33. The molecule has 1 N–H and O–H groups in total. The number of fused-ring (bicyclic) bond motifs is 5. The minimum absolute atomic E-state index is 0.0562. The van der Waals surface area contributed by atoms with Gasteiger partial charge in [0, 0.05) is 0 Å². The maximum Gasteiger partial charge on any atom is 0.418 e. The molecule has 2 aliphatic carbocycles. The van der Waals surface area contributed by atoms with Crippen LogP contribution in [0.3, 0.4) is 0 Å². The molecule has 2 bridgehead atoms. The molecule has 3 amide bonds. The largest absolute Gasteiger partial charge is 0.452 e. The first-order valence-electron chi connectivity index (χ1n) is 13.3. The molecule has 1 heterocycles. The molecule has 10 heteroatoms. The SMILES string of the molecule is O=C(COC(=O)c1ccc(N2C(=O)[C@@H]3[C@@H]4C[C@@H]([C@@H]3C2=O)[C@H](c2ccccc2)C4)cc1)Nc1ccccc1C(F)(F)F. The van der Waals surface area contributed by atoms with Gasteiger partial charge in [0.1, 0.15) is 0 Å². The van der Waals surface area contributed by atoms with Gasteiger partial charge in [-0.1, -0.05) is 42.5 Å². The number of nitrogens with zero attached hydrogens (tertiary/aromatic N) is 1. The van der Waals surface area contributed by atoms with E-state index in [1.165, 1.54) is 46.9 Å². The van der Waals surface area contributed by atoms with E-state index in [0.29, 0.717) is 5.69 Å². The van der Waals surface area contributed by atoms with Crippen LogP contribution < -0.4 is 10.2 Å². The van der Waals surface area contributed by atoms with Crippen molar-refractivity contribution in [2.45, 2.75) is 24.9 Å². The van der Waals surface area contributed by atoms with E-state index in [1.807, 2.05) is 18.2 Å². The van der Waals surface area contributed by atoms with Crippen molar-refractivity contribution in [3.63, 3.8) is 0 Å². The second-order valence-corrected chi connectivity index (χ2v) is 10.7. The lowest BCUT2D eigenvalue weighted by atomic mass is 9.73. The molecule has 0 radical (unpaired) electrons. The van der Waals surface area contributed by atoms with Crippen molar-refractivity contribution in [3.05, 3.63) is 95.6 Å². The van der Waals surface area contributed by atoms with Crippen LogP contribution in [0.2, 0.25) is 0 Å². The minimum Gasteiger partial charge on any atom is -0.452 e. The van der Waals surface area contributed by atoms with Crippen molar-refractivity contribution < 1.29 is 37.1 Å². The summed E-state index contributed by atoms with van der Waals surface area (Å²) in [5.41, 5.74) is 0.134. The van der Waals surface area contributed by atoms with Crippen LogP contribution in [0, 0.1) is 23.7 Å². The first kappa shape index (κ1) is 26.7. The summed E-state index contributed by atoms with van der Waals surface area (Å²) < 4.78 is 44.4. The van der Waals surface area contributed by atoms with E-state index in [2.05, 4.69) is 17.4 Å². The van der Waals surface area contributed by atoms with E-state index in [9.17, 15) is 32.3 Å². The van der Waals surface area contributed by atoms with Gasteiger partial charge in [-0.3, -0.25) is 19.3 Å². The predicted octanol–water partition coefficient (Wildman–Crippen LogP) is 5.43. The number of imide groups is 1. The molecule has 3 aliphatic rings. The van der Waals surface area contributed by atoms with Gasteiger partial charge in [-0.2, -0.15) is 13.2 Å². The van der Waals surface area contributed by atoms with E-state index < -0.39 is 35.9 Å². The van der Waals surface area contributed by atoms with Crippen molar-refractivity contribution >= 4 is 35.1 Å². The molecule has 7 nitrogen and oxygen atoms in total. The highest BCUT2D eigenvalue weighted by Gasteiger charge is 2.64. The number of hydrogen-bond donors (Lipinski definition) is 1. The number of benzene rings is 3. The number of hydrogen-bond acceptors (Lipinski definition) is 5. The molecule has 0 aromatic heterocycles. The van der Waals surface area contributed by atoms with E-state index in [1.54, 1.807) is 0 Å². The number of amides is 3. The summed E-state index contributed by atoms with van der Waals surface area (Å²) in [6.45, 7) is -0.801. The topological polar surface area (TPSA) is 92.8 Å². The van der Waals surface area contributed by atoms with Crippen LogP contribution >= 0.6 is 0 Å². The molecule has 0 unspecified atom stereocenters. The Balaban J connectivity index is 1.09. The van der Waals surface area contributed by atoms with Crippen LogP contribution in [0.4, 0.5) is 24.5 Å². The standard InChI is InChI=1S/C31H25F3N2O5/c32-31(33,34)23-8-4-5-9-24(23)35-25(37)16-41-30(40)18-10-12-20(13-11-18)36-28(38)26-19-14-21(17-6-2-1-3-7-17)22(15-19)27(26)29(36)39/h1-13,19,21-22,26-27H,14-16H2,(H,35,37)/t19-,21-,22+,26+,27-/m0/s1. The third kappa shape index (κ3) is 4.77. The number of alkyl halides is 3. The number of esters is 1. The zero-order valence-corrected chi connectivity index (χ0v) is 21.6. The molecule has 3 fully saturated rings. The van der Waals surface area contributed by atoms with E-state index in [4.69, 9.17) is 4.74 Å². The number of anilines is 2. The van der Waals surface area contributed by atoms with Crippen molar-refractivity contribution in [2.75, 3.05) is 16.8 Å². The smallest absolute Gasteiger partial charge is 0.418 e. The molecular formula is C31H25F3N2O5. The Morgan fingerprint density at radius 2 is 1.51 bits per heavy atom. The lowest BCUT2D eigenvalue weighted by molar-refractivity contribution is -0.137. The third-order valence-corrected chi connectivity index (χ3v) is 8.45. The van der Waals surface area contributed by atoms with Gasteiger partial charge in [0.25, 0.3) is 5.91 Å². The Kier molecular flexibility index (Phi) is 6.63. The average molecular weight is 563 g/mol. The van der Waals surface area contributed by atoms with Gasteiger partial charge < -0.3 is 10.1 Å². The van der Waals surface area contributed by atoms with E-state index >= 15 is 0 Å². The van der Waals surface area contributed by atoms with Gasteiger partial charge in [-0.15, -0.1) is 0 Å². The summed E-state index contributed by atoms with van der Waals surface area (Å²) in [5, 5.41) is 2.11. The summed E-state index contributed by atoms with van der Waals surface area (Å²) in [4.78, 5) is 52.7. The Bertz CT molecular complexity index is 1520. The fourth-order valence-electron chi connectivity index (χ4n) is 6.78. The summed E-state index contributed by atoms with van der Waals surface area (Å²) in [5.74, 6) is -2.45. The zero-order valence-electron chi connectivity index (χ0n) is 21.6. The summed E-state index contributed by atoms with van der Waals surface area (Å²) in [7, 11) is 0. The van der Waals surface area contributed by atoms with E-state index in [0.717, 1.165) is 25.0 Å². The van der Waals surface area contributed by atoms with Crippen molar-refractivity contribution in [3.8, 4) is 0 Å². The Morgan fingerprint density at radius 1 is 0.854 bits per heavy atom. The highest BCUT2D eigenvalue weighted by molar-refractivity contribution is 6.22. The van der Waals surface area contributed by atoms with Gasteiger partial charge in [-0.25, -0.2) is 4.79 Å². The van der Waals surface area contributed by atoms with Crippen molar-refractivity contribution in [1.29, 1.82) is 0 Å². The summed E-state index contributed by atoms with van der Waals surface area (Å²) >= 11 is 0. The normalized spacial score (nSPS) is 24.9. The quantitative estimate of drug-likeness (QED) is 0.320. The fraction of sp³-hybridized carbons (Fsp3) is 0.290. The molecule has 41 heavy (non-hydrogen) atoms. The maximum atomic E-state index is 13.5. The zero-order chi connectivity index (χ0) is 28.9. The predicted molar refractivity (Wildman–Crippen MR) is 142 cm³/mol. The fourth-order valence-corrected chi connectivity index (χ4v) is 6.78. The second kappa shape index (κ2) is 10.2. The molecule has 3 aromatic carbocycles. The van der Waals surface area contributed by atoms with Gasteiger partial charge in [0.05, 0.1) is 34.3 Å². The molecule has 5 atom stereocenters. The summed E-state index contributed by atoms with van der Waals surface area (Å²) in [6, 6.07) is 20.3. The van der Waals surface area contributed by atoms with Crippen molar-refractivity contribution in [1.82, 2.24) is 0 Å². The highest BCUT2D eigenvalue weighted by atomic mass is 19.4. The van der Waals surface area contributed by atoms with Crippen molar-refractivity contribution in [2.24, 2.45) is 23.7 Å². The molecule has 6 rings (SSSR count). The molecule has 210 valence electrons. The Labute approximate surface area is 233 Å². The molecule has 1 saturated heterocycles. The molecular weight excluding hydrogens is 537 g/mol. The summed E-state index contributed by atoms with van der Waals surface area (Å²) in [6.07, 6.45) is -2.93. The number of carbonyl (C=O) groups is 4. The third-order valence-electron chi connectivity index (χ3n) is 8.45. The highest BCUT2D eigenvalue weighted by Crippen LogP contribution is 2.61. The number of rotatable bonds is 6. The Hall–Kier alpha value is -4.47. The number of nitrogens with one attached hydrogen (secondary N) is 1. The number of carbonyl (C=O) groups excluding carboxylic acids is 4. The van der Waals surface area contributed by atoms with Gasteiger partial charge in [0.15, 0.2) is 6.61 Å². The monoisotopic (exact) mass is 562 g/mol. The first-order chi connectivity index (χ1) is 19.6. The molecule has 2 saturated carbocycles. The van der Waals surface area contributed by atoms with Gasteiger partial charge in [0.2, 0.25) is 11.8 Å². The van der Waals surface area contributed by atoms with Gasteiger partial charge in [-0.05, 0) is 72.6 Å². The van der Waals surface area contributed by atoms with Crippen LogP contribution in [0.25, 0.3) is 0 Å². The number of halogens is 3. The van der Waals surface area contributed by atoms with Gasteiger partial charge >= 0.3 is 12.1 Å². The van der Waals surface area contributed by atoms with Crippen LogP contribution in [0.1, 0.15) is 40.2 Å². The van der Waals surface area contributed by atoms with Crippen LogP contribution in [0.15, 0.2) is 78.9 Å². The van der Waals surface area contributed by atoms with E-state index in [-0.39, 0.29) is 47.0 Å². The average Bonchev–Trinajstić information content (AvgIpc) is 3.63. The van der Waals surface area contributed by atoms with Crippen LogP contribution in [0.5, 0.6) is 0 Å².